The van der Waals surface area contributed by atoms with E-state index in [-0.39, 0.29) is 5.82 Å². The van der Waals surface area contributed by atoms with Crippen molar-refractivity contribution < 1.29 is 14.9 Å². The molecule has 2 fully saturated rings. The van der Waals surface area contributed by atoms with Gasteiger partial charge in [-0.3, -0.25) is 4.57 Å². The van der Waals surface area contributed by atoms with Crippen molar-refractivity contribution >= 4 is 17.0 Å². The van der Waals surface area contributed by atoms with Crippen LogP contribution >= 0.6 is 0 Å². The number of hydrogen-bond acceptors (Lipinski definition) is 10. The lowest BCUT2D eigenvalue weighted by Crippen LogP contribution is -2.29. The minimum atomic E-state index is -1.20. The zero-order valence-corrected chi connectivity index (χ0v) is 15.3. The Morgan fingerprint density at radius 1 is 1.21 bits per heavy atom. The van der Waals surface area contributed by atoms with E-state index in [1.165, 1.54) is 30.3 Å². The maximum absolute atomic E-state index is 10.6. The molecule has 12 nitrogen and oxygen atoms in total. The second kappa shape index (κ2) is 6.72. The molecule has 5 rings (SSSR count). The fourth-order valence-corrected chi connectivity index (χ4v) is 3.34. The lowest BCUT2D eigenvalue weighted by Gasteiger charge is -2.16. The highest BCUT2D eigenvalue weighted by molar-refractivity contribution is 5.82. The first-order chi connectivity index (χ1) is 13.7. The van der Waals surface area contributed by atoms with E-state index < -0.39 is 24.5 Å². The number of ether oxygens (including phenoxy) is 1. The number of nitrogens with zero attached hydrogens (tertiary/aromatic N) is 8. The molecule has 1 saturated heterocycles. The summed E-state index contributed by atoms with van der Waals surface area (Å²) in [5.41, 5.74) is 1.10. The lowest BCUT2D eigenvalue weighted by molar-refractivity contribution is -0.0384. The van der Waals surface area contributed by atoms with Gasteiger partial charge in [0.05, 0.1) is 12.9 Å². The third-order valence-electron chi connectivity index (χ3n) is 5.13. The van der Waals surface area contributed by atoms with Gasteiger partial charge in [0, 0.05) is 6.54 Å². The molecule has 1 saturated carbocycles. The molecule has 28 heavy (non-hydrogen) atoms. The van der Waals surface area contributed by atoms with Crippen LogP contribution in [0.15, 0.2) is 12.7 Å². The Hall–Kier alpha value is -2.70. The first-order valence-corrected chi connectivity index (χ1v) is 9.36. The molecule has 0 unspecified atom stereocenters. The highest BCUT2D eigenvalue weighted by Gasteiger charge is 2.47. The maximum Gasteiger partial charge on any atom is 0.206 e. The van der Waals surface area contributed by atoms with E-state index in [0.29, 0.717) is 29.4 Å². The standard InChI is InChI=1S/C16H21N9O3/c1-2-25-22-14(21-23-25)12-10(26)11(27)16(28-12)24-7-20-9-13(17-5-8-3-4-8)18-6-19-15(9)24/h6-8,10-12,16,26-27H,2-5H2,1H3,(H,17,18,19)/t10-,11+,12-,16+/m0/s1. The second-order valence-corrected chi connectivity index (χ2v) is 7.14. The SMILES string of the molecule is CCn1nnc([C@H]2O[C@@H](n3cnc4c(NCC5CC5)ncnc43)[C@H](O)[C@@H]2O)n1. The number of nitrogens with one attached hydrogen (secondary N) is 1. The summed E-state index contributed by atoms with van der Waals surface area (Å²) in [5, 5.41) is 36.3. The summed E-state index contributed by atoms with van der Waals surface area (Å²) < 4.78 is 7.49. The molecular formula is C16H21N9O3. The number of aliphatic hydroxyl groups is 2. The van der Waals surface area contributed by atoms with Gasteiger partial charge in [-0.15, -0.1) is 10.2 Å². The van der Waals surface area contributed by atoms with E-state index in [2.05, 4.69) is 35.7 Å². The lowest BCUT2D eigenvalue weighted by atomic mass is 10.1. The highest BCUT2D eigenvalue weighted by Crippen LogP contribution is 2.38. The fraction of sp³-hybridized carbons (Fsp3) is 0.625. The average Bonchev–Trinajstić information content (AvgIpc) is 3.12. The molecule has 0 amide bonds. The van der Waals surface area contributed by atoms with E-state index in [0.717, 1.165) is 6.54 Å². The van der Waals surface area contributed by atoms with Crippen molar-refractivity contribution in [1.29, 1.82) is 0 Å². The molecular weight excluding hydrogens is 366 g/mol. The number of aryl methyl sites for hydroxylation is 1. The zero-order valence-electron chi connectivity index (χ0n) is 15.3. The summed E-state index contributed by atoms with van der Waals surface area (Å²) in [5.74, 6) is 1.56. The number of anilines is 1. The van der Waals surface area contributed by atoms with E-state index in [4.69, 9.17) is 4.74 Å². The summed E-state index contributed by atoms with van der Waals surface area (Å²) in [6, 6.07) is 0. The monoisotopic (exact) mass is 387 g/mol. The number of aliphatic hydroxyl groups excluding tert-OH is 2. The zero-order chi connectivity index (χ0) is 19.3. The van der Waals surface area contributed by atoms with Crippen molar-refractivity contribution in [2.45, 2.75) is 50.8 Å². The third kappa shape index (κ3) is 2.89. The van der Waals surface area contributed by atoms with Crippen molar-refractivity contribution in [3.63, 3.8) is 0 Å². The topological polar surface area (TPSA) is 149 Å². The Labute approximate surface area is 159 Å². The van der Waals surface area contributed by atoms with E-state index >= 15 is 0 Å². The van der Waals surface area contributed by atoms with Gasteiger partial charge >= 0.3 is 0 Å². The molecule has 0 bridgehead atoms. The number of imidazole rings is 1. The predicted molar refractivity (Wildman–Crippen MR) is 94.9 cm³/mol. The fourth-order valence-electron chi connectivity index (χ4n) is 3.34. The van der Waals surface area contributed by atoms with Crippen molar-refractivity contribution in [3.8, 4) is 0 Å². The van der Waals surface area contributed by atoms with E-state index in [1.54, 1.807) is 4.57 Å². The second-order valence-electron chi connectivity index (χ2n) is 7.14. The molecule has 2 aliphatic rings. The summed E-state index contributed by atoms with van der Waals surface area (Å²) in [6.45, 7) is 3.27. The minimum absolute atomic E-state index is 0.224. The minimum Gasteiger partial charge on any atom is -0.387 e. The van der Waals surface area contributed by atoms with E-state index in [9.17, 15) is 10.2 Å². The van der Waals surface area contributed by atoms with Gasteiger partial charge in [-0.05, 0) is 30.9 Å². The molecule has 1 aliphatic heterocycles. The molecule has 12 heteroatoms. The molecule has 1 aliphatic carbocycles. The Morgan fingerprint density at radius 2 is 2.07 bits per heavy atom. The molecule has 148 valence electrons. The molecule has 0 radical (unpaired) electrons. The first-order valence-electron chi connectivity index (χ1n) is 9.36. The molecule has 4 atom stereocenters. The summed E-state index contributed by atoms with van der Waals surface area (Å²) >= 11 is 0. The third-order valence-corrected chi connectivity index (χ3v) is 5.13. The number of aromatic nitrogens is 8. The average molecular weight is 387 g/mol. The largest absolute Gasteiger partial charge is 0.387 e. The Kier molecular flexibility index (Phi) is 4.18. The maximum atomic E-state index is 10.6. The van der Waals surface area contributed by atoms with Crippen LogP contribution in [-0.4, -0.2) is 68.7 Å². The summed E-state index contributed by atoms with van der Waals surface area (Å²) in [6.07, 6.45) is 1.25. The molecule has 0 aromatic carbocycles. The first kappa shape index (κ1) is 17.4. The van der Waals surface area contributed by atoms with Gasteiger partial charge in [0.15, 0.2) is 29.3 Å². The Balaban J connectivity index is 1.43. The van der Waals surface area contributed by atoms with Gasteiger partial charge in [-0.2, -0.15) is 4.80 Å². The van der Waals surface area contributed by atoms with Gasteiger partial charge in [-0.1, -0.05) is 0 Å². The molecule has 3 aromatic rings. The summed E-state index contributed by atoms with van der Waals surface area (Å²) in [4.78, 5) is 14.3. The number of fused-ring (bicyclic) bond motifs is 1. The normalized spacial score (nSPS) is 27.5. The quantitative estimate of drug-likeness (QED) is 0.512. The van der Waals surface area contributed by atoms with E-state index in [1.807, 2.05) is 6.92 Å². The molecule has 0 spiro atoms. The number of tetrazole rings is 1. The van der Waals surface area contributed by atoms with Crippen LogP contribution in [-0.2, 0) is 11.3 Å². The number of hydrogen-bond donors (Lipinski definition) is 3. The van der Waals surface area contributed by atoms with Gasteiger partial charge in [0.2, 0.25) is 5.82 Å². The van der Waals surface area contributed by atoms with Crippen LogP contribution in [0.25, 0.3) is 11.2 Å². The predicted octanol–water partition coefficient (Wildman–Crippen LogP) is -0.354. The van der Waals surface area contributed by atoms with Crippen LogP contribution < -0.4 is 5.32 Å². The van der Waals surface area contributed by atoms with Crippen LogP contribution in [0.2, 0.25) is 0 Å². The van der Waals surface area contributed by atoms with Crippen molar-refractivity contribution in [2.75, 3.05) is 11.9 Å². The van der Waals surface area contributed by atoms with Gasteiger partial charge < -0.3 is 20.3 Å². The van der Waals surface area contributed by atoms with Gasteiger partial charge in [0.25, 0.3) is 0 Å². The van der Waals surface area contributed by atoms with Crippen LogP contribution in [0, 0.1) is 5.92 Å². The number of rotatable bonds is 6. The van der Waals surface area contributed by atoms with Crippen molar-refractivity contribution in [2.24, 2.45) is 5.92 Å². The smallest absolute Gasteiger partial charge is 0.206 e. The molecule has 4 heterocycles. The molecule has 3 aromatic heterocycles. The van der Waals surface area contributed by atoms with Gasteiger partial charge in [-0.25, -0.2) is 15.0 Å². The van der Waals surface area contributed by atoms with Gasteiger partial charge in [0.1, 0.15) is 18.5 Å². The Morgan fingerprint density at radius 3 is 2.82 bits per heavy atom. The summed E-state index contributed by atoms with van der Waals surface area (Å²) in [7, 11) is 0. The Bertz CT molecular complexity index is 985. The van der Waals surface area contributed by atoms with Crippen molar-refractivity contribution in [3.05, 3.63) is 18.5 Å². The van der Waals surface area contributed by atoms with Crippen LogP contribution in [0.3, 0.4) is 0 Å². The van der Waals surface area contributed by atoms with Crippen LogP contribution in [0.1, 0.15) is 37.9 Å². The van der Waals surface area contributed by atoms with Crippen molar-refractivity contribution in [1.82, 2.24) is 39.7 Å². The van der Waals surface area contributed by atoms with Crippen LogP contribution in [0.4, 0.5) is 5.82 Å². The van der Waals surface area contributed by atoms with Crippen LogP contribution in [0.5, 0.6) is 0 Å². The molecule has 3 N–H and O–H groups in total. The highest BCUT2D eigenvalue weighted by atomic mass is 16.6.